The molecule has 3 N–H and O–H groups in total. The van der Waals surface area contributed by atoms with Crippen LogP contribution in [0.15, 0.2) is 41.8 Å². The van der Waals surface area contributed by atoms with Crippen LogP contribution in [0.4, 0.5) is 11.4 Å². The predicted molar refractivity (Wildman–Crippen MR) is 130 cm³/mol. The number of nitrogens with one attached hydrogen (secondary N) is 1. The van der Waals surface area contributed by atoms with E-state index >= 15 is 0 Å². The molecule has 4 aromatic rings. The minimum Gasteiger partial charge on any atom is -0.494 e. The lowest BCUT2D eigenvalue weighted by Crippen LogP contribution is -2.12. The molecule has 31 heavy (non-hydrogen) atoms. The average molecular weight is 450 g/mol. The Labute approximate surface area is 188 Å². The lowest BCUT2D eigenvalue weighted by molar-refractivity contribution is 0.103. The molecule has 1 aliphatic carbocycles. The van der Waals surface area contributed by atoms with E-state index in [0.717, 1.165) is 47.3 Å². The van der Waals surface area contributed by atoms with Crippen LogP contribution in [0.2, 0.25) is 0 Å². The first kappa shape index (κ1) is 20.0. The Hall–Kier alpha value is -2.90. The molecule has 3 aromatic heterocycles. The Kier molecular flexibility index (Phi) is 5.38. The van der Waals surface area contributed by atoms with E-state index < -0.39 is 0 Å². The number of carbonyl (C=O) groups excluding carboxylic acids is 1. The van der Waals surface area contributed by atoms with Gasteiger partial charge in [0.15, 0.2) is 0 Å². The molecular weight excluding hydrogens is 426 g/mol. The van der Waals surface area contributed by atoms with Gasteiger partial charge in [0.2, 0.25) is 0 Å². The molecule has 0 atom stereocenters. The highest BCUT2D eigenvalue weighted by atomic mass is 32.1. The summed E-state index contributed by atoms with van der Waals surface area (Å²) in [5.74, 6) is 0.575. The Morgan fingerprint density at radius 1 is 1.16 bits per heavy atom. The van der Waals surface area contributed by atoms with Gasteiger partial charge in [0, 0.05) is 11.1 Å². The maximum absolute atomic E-state index is 13.1. The number of hydrogen-bond acceptors (Lipinski definition) is 6. The van der Waals surface area contributed by atoms with Gasteiger partial charge < -0.3 is 15.8 Å². The van der Waals surface area contributed by atoms with E-state index in [9.17, 15) is 4.79 Å². The first-order chi connectivity index (χ1) is 15.2. The van der Waals surface area contributed by atoms with Gasteiger partial charge in [0.25, 0.3) is 5.91 Å². The van der Waals surface area contributed by atoms with Crippen LogP contribution in [-0.2, 0) is 12.8 Å². The van der Waals surface area contributed by atoms with Crippen molar-refractivity contribution in [2.75, 3.05) is 17.7 Å². The van der Waals surface area contributed by atoms with Crippen molar-refractivity contribution in [1.82, 2.24) is 4.98 Å². The number of hydrogen-bond donors (Lipinski definition) is 2. The minimum atomic E-state index is -0.202. The Morgan fingerprint density at radius 2 is 1.94 bits per heavy atom. The maximum Gasteiger partial charge on any atom is 0.267 e. The van der Waals surface area contributed by atoms with Gasteiger partial charge in [-0.05, 0) is 79.4 Å². The topological polar surface area (TPSA) is 77.2 Å². The molecule has 7 heteroatoms. The zero-order valence-corrected chi connectivity index (χ0v) is 18.9. The van der Waals surface area contributed by atoms with Crippen LogP contribution < -0.4 is 15.8 Å². The zero-order chi connectivity index (χ0) is 21.4. The third kappa shape index (κ3) is 3.68. The average Bonchev–Trinajstić information content (AvgIpc) is 3.43. The number of pyridine rings is 1. The number of carbonyl (C=O) groups is 1. The maximum atomic E-state index is 13.1. The Balaban J connectivity index is 1.54. The lowest BCUT2D eigenvalue weighted by atomic mass is 9.88. The van der Waals surface area contributed by atoms with Gasteiger partial charge in [-0.1, -0.05) is 6.07 Å². The quantitative estimate of drug-likeness (QED) is 0.384. The minimum absolute atomic E-state index is 0.202. The summed E-state index contributed by atoms with van der Waals surface area (Å²) in [5, 5.41) is 6.01. The van der Waals surface area contributed by atoms with Crippen molar-refractivity contribution in [2.24, 2.45) is 0 Å². The highest BCUT2D eigenvalue weighted by Crippen LogP contribution is 2.43. The number of nitrogens with zero attached hydrogens (tertiary/aromatic N) is 1. The van der Waals surface area contributed by atoms with Crippen molar-refractivity contribution in [3.8, 4) is 16.3 Å². The summed E-state index contributed by atoms with van der Waals surface area (Å²) in [6.45, 7) is 2.55. The number of thiophene rings is 2. The van der Waals surface area contributed by atoms with Gasteiger partial charge in [-0.2, -0.15) is 0 Å². The number of nitrogen functional groups attached to an aromatic ring is 1. The Bertz CT molecular complexity index is 1240. The molecule has 0 saturated carbocycles. The number of rotatable bonds is 5. The first-order valence-corrected chi connectivity index (χ1v) is 12.2. The molecule has 0 saturated heterocycles. The van der Waals surface area contributed by atoms with Crippen LogP contribution in [0.25, 0.3) is 20.8 Å². The summed E-state index contributed by atoms with van der Waals surface area (Å²) in [5.41, 5.74) is 11.4. The number of aryl methyl sites for hydroxylation is 1. The van der Waals surface area contributed by atoms with Gasteiger partial charge in [0.05, 0.1) is 22.9 Å². The lowest BCUT2D eigenvalue weighted by Gasteiger charge is -2.19. The summed E-state index contributed by atoms with van der Waals surface area (Å²) in [7, 11) is 0. The number of anilines is 2. The third-order valence-electron chi connectivity index (χ3n) is 5.58. The monoisotopic (exact) mass is 449 g/mol. The second-order valence-electron chi connectivity index (χ2n) is 7.54. The van der Waals surface area contributed by atoms with E-state index in [0.29, 0.717) is 22.9 Å². The second-order valence-corrected chi connectivity index (χ2v) is 9.49. The van der Waals surface area contributed by atoms with E-state index in [4.69, 9.17) is 15.5 Å². The standard InChI is InChI=1S/C24H23N3O2S2/c1-2-29-15-11-9-14(10-12-15)26-23(28)22-20(25)19-16-6-3-4-7-17(16)21(27-24(19)31-22)18-8-5-13-30-18/h5,8-13H,2-4,6-7,25H2,1H3,(H,26,28). The van der Waals surface area contributed by atoms with Crippen molar-refractivity contribution in [3.05, 3.63) is 57.8 Å². The van der Waals surface area contributed by atoms with Crippen LogP contribution in [0.3, 0.4) is 0 Å². The first-order valence-electron chi connectivity index (χ1n) is 10.5. The summed E-state index contributed by atoms with van der Waals surface area (Å²) in [4.78, 5) is 20.6. The highest BCUT2D eigenvalue weighted by molar-refractivity contribution is 7.21. The smallest absolute Gasteiger partial charge is 0.267 e. The fraction of sp³-hybridized carbons (Fsp3) is 0.250. The van der Waals surface area contributed by atoms with E-state index in [1.807, 2.05) is 31.2 Å². The van der Waals surface area contributed by atoms with Crippen molar-refractivity contribution < 1.29 is 9.53 Å². The number of aromatic nitrogens is 1. The number of amides is 1. The number of nitrogens with two attached hydrogens (primary N) is 1. The van der Waals surface area contributed by atoms with Gasteiger partial charge in [-0.25, -0.2) is 4.98 Å². The van der Waals surface area contributed by atoms with Crippen molar-refractivity contribution in [2.45, 2.75) is 32.6 Å². The largest absolute Gasteiger partial charge is 0.494 e. The van der Waals surface area contributed by atoms with Crippen molar-refractivity contribution in [1.29, 1.82) is 0 Å². The Morgan fingerprint density at radius 3 is 2.65 bits per heavy atom. The predicted octanol–water partition coefficient (Wildman–Crippen LogP) is 6.14. The molecule has 5 rings (SSSR count). The molecule has 0 radical (unpaired) electrons. The number of ether oxygens (including phenoxy) is 1. The molecule has 0 unspecified atom stereocenters. The van der Waals surface area contributed by atoms with E-state index in [1.165, 1.54) is 27.3 Å². The normalized spacial score (nSPS) is 13.2. The molecule has 1 aromatic carbocycles. The van der Waals surface area contributed by atoms with Crippen molar-refractivity contribution >= 4 is 50.2 Å². The second kappa shape index (κ2) is 8.32. The van der Waals surface area contributed by atoms with Crippen LogP contribution in [0, 0.1) is 0 Å². The zero-order valence-electron chi connectivity index (χ0n) is 17.2. The summed E-state index contributed by atoms with van der Waals surface area (Å²) in [6, 6.07) is 11.5. The van der Waals surface area contributed by atoms with Crippen LogP contribution >= 0.6 is 22.7 Å². The van der Waals surface area contributed by atoms with Crippen LogP contribution in [-0.4, -0.2) is 17.5 Å². The van der Waals surface area contributed by atoms with Gasteiger partial charge in [-0.3, -0.25) is 4.79 Å². The summed E-state index contributed by atoms with van der Waals surface area (Å²) >= 11 is 3.08. The SMILES string of the molecule is CCOc1ccc(NC(=O)c2sc3nc(-c4cccs4)c4c(c3c2N)CCCC4)cc1. The fourth-order valence-corrected chi connectivity index (χ4v) is 5.95. The summed E-state index contributed by atoms with van der Waals surface area (Å²) in [6.07, 6.45) is 4.29. The van der Waals surface area contributed by atoms with Crippen LogP contribution in [0.5, 0.6) is 5.75 Å². The van der Waals surface area contributed by atoms with Gasteiger partial charge in [0.1, 0.15) is 15.5 Å². The molecule has 1 aliphatic rings. The highest BCUT2D eigenvalue weighted by Gasteiger charge is 2.26. The number of benzene rings is 1. The molecular formula is C24H23N3O2S2. The van der Waals surface area contributed by atoms with E-state index in [1.54, 1.807) is 11.3 Å². The third-order valence-corrected chi connectivity index (χ3v) is 7.55. The molecule has 0 spiro atoms. The summed E-state index contributed by atoms with van der Waals surface area (Å²) < 4.78 is 5.47. The number of fused-ring (bicyclic) bond motifs is 3. The molecule has 3 heterocycles. The van der Waals surface area contributed by atoms with E-state index in [-0.39, 0.29) is 5.91 Å². The molecule has 158 valence electrons. The van der Waals surface area contributed by atoms with Crippen LogP contribution in [0.1, 0.15) is 40.6 Å². The van der Waals surface area contributed by atoms with Gasteiger partial charge in [-0.15, -0.1) is 22.7 Å². The van der Waals surface area contributed by atoms with Crippen molar-refractivity contribution in [3.63, 3.8) is 0 Å². The fourth-order valence-electron chi connectivity index (χ4n) is 4.19. The molecule has 5 nitrogen and oxygen atoms in total. The molecule has 0 aliphatic heterocycles. The van der Waals surface area contributed by atoms with Gasteiger partial charge >= 0.3 is 0 Å². The van der Waals surface area contributed by atoms with E-state index in [2.05, 4.69) is 22.8 Å². The molecule has 0 fully saturated rings. The molecule has 0 bridgehead atoms. The molecule has 1 amide bonds.